The average Bonchev–Trinajstić information content (AvgIpc) is 2.48. The van der Waals surface area contributed by atoms with E-state index in [1.807, 2.05) is 12.1 Å². The zero-order valence-corrected chi connectivity index (χ0v) is 13.9. The summed E-state index contributed by atoms with van der Waals surface area (Å²) >= 11 is 3.37. The van der Waals surface area contributed by atoms with Crippen molar-refractivity contribution in [2.75, 3.05) is 25.0 Å². The minimum absolute atomic E-state index is 0.149. The van der Waals surface area contributed by atoms with Crippen molar-refractivity contribution < 1.29 is 13.2 Å². The van der Waals surface area contributed by atoms with Crippen LogP contribution in [-0.4, -0.2) is 46.7 Å². The van der Waals surface area contributed by atoms with Crippen LogP contribution in [0.5, 0.6) is 0 Å². The molecule has 4 nitrogen and oxygen atoms in total. The van der Waals surface area contributed by atoms with E-state index in [1.165, 1.54) is 4.90 Å². The highest BCUT2D eigenvalue weighted by molar-refractivity contribution is 9.10. The van der Waals surface area contributed by atoms with Gasteiger partial charge >= 0.3 is 6.18 Å². The molecule has 0 unspecified atom stereocenters. The van der Waals surface area contributed by atoms with E-state index in [0.717, 1.165) is 21.2 Å². The molecule has 0 atom stereocenters. The Balaban J connectivity index is 1.65. The molecule has 0 aliphatic carbocycles. The Labute approximate surface area is 140 Å². The van der Waals surface area contributed by atoms with E-state index in [-0.39, 0.29) is 6.04 Å². The molecule has 0 aromatic carbocycles. The first-order valence-electron chi connectivity index (χ1n) is 7.36. The van der Waals surface area contributed by atoms with Gasteiger partial charge in [0, 0.05) is 36.0 Å². The van der Waals surface area contributed by atoms with Crippen LogP contribution in [0.4, 0.5) is 18.9 Å². The van der Waals surface area contributed by atoms with Crippen molar-refractivity contribution in [2.24, 2.45) is 0 Å². The van der Waals surface area contributed by atoms with Crippen LogP contribution in [0.1, 0.15) is 12.8 Å². The van der Waals surface area contributed by atoms with Crippen LogP contribution in [0.2, 0.25) is 0 Å². The molecule has 1 saturated heterocycles. The predicted octanol–water partition coefficient (Wildman–Crippen LogP) is 3.83. The average molecular weight is 389 g/mol. The molecule has 124 valence electrons. The first kappa shape index (κ1) is 16.4. The second-order valence-corrected chi connectivity index (χ2v) is 6.61. The van der Waals surface area contributed by atoms with Gasteiger partial charge in [0.05, 0.1) is 17.7 Å². The number of rotatable bonds is 3. The fourth-order valence-corrected chi connectivity index (χ4v) is 3.15. The van der Waals surface area contributed by atoms with Crippen LogP contribution in [0.25, 0.3) is 11.0 Å². The third kappa shape index (κ3) is 4.32. The monoisotopic (exact) mass is 388 g/mol. The number of fused-ring (bicyclic) bond motifs is 1. The number of hydrogen-bond donors (Lipinski definition) is 1. The molecule has 1 aliphatic rings. The van der Waals surface area contributed by atoms with Crippen molar-refractivity contribution in [3.63, 3.8) is 0 Å². The fraction of sp³-hybridized carbons (Fsp3) is 0.467. The Bertz CT molecular complexity index is 684. The summed E-state index contributed by atoms with van der Waals surface area (Å²) in [5.41, 5.74) is 2.42. The summed E-state index contributed by atoms with van der Waals surface area (Å²) in [6.07, 6.45) is 0.643. The summed E-state index contributed by atoms with van der Waals surface area (Å²) < 4.78 is 38.1. The lowest BCUT2D eigenvalue weighted by Crippen LogP contribution is -2.43. The molecule has 0 radical (unpaired) electrons. The van der Waals surface area contributed by atoms with Gasteiger partial charge in [0.25, 0.3) is 0 Å². The van der Waals surface area contributed by atoms with E-state index in [2.05, 4.69) is 31.2 Å². The molecule has 23 heavy (non-hydrogen) atoms. The largest absolute Gasteiger partial charge is 0.401 e. The summed E-state index contributed by atoms with van der Waals surface area (Å²) in [4.78, 5) is 10.1. The van der Waals surface area contributed by atoms with Crippen LogP contribution < -0.4 is 5.32 Å². The summed E-state index contributed by atoms with van der Waals surface area (Å²) in [6, 6.07) is 3.89. The van der Waals surface area contributed by atoms with Crippen LogP contribution in [-0.2, 0) is 0 Å². The number of anilines is 1. The number of likely N-dealkylation sites (tertiary alicyclic amines) is 1. The Morgan fingerprint density at radius 1 is 1.26 bits per heavy atom. The highest BCUT2D eigenvalue weighted by atomic mass is 79.9. The zero-order valence-electron chi connectivity index (χ0n) is 12.3. The van der Waals surface area contributed by atoms with Crippen molar-refractivity contribution in [3.05, 3.63) is 29.0 Å². The minimum atomic E-state index is -4.13. The smallest absolute Gasteiger partial charge is 0.380 e. The summed E-state index contributed by atoms with van der Waals surface area (Å²) in [5.74, 6) is 0. The van der Waals surface area contributed by atoms with E-state index in [4.69, 9.17) is 0 Å². The lowest BCUT2D eigenvalue weighted by atomic mass is 10.0. The molecule has 2 aromatic heterocycles. The number of piperidine rings is 1. The number of hydrogen-bond acceptors (Lipinski definition) is 4. The lowest BCUT2D eigenvalue weighted by Gasteiger charge is -2.33. The molecule has 2 aromatic rings. The summed E-state index contributed by atoms with van der Waals surface area (Å²) in [7, 11) is 0. The second-order valence-electron chi connectivity index (χ2n) is 5.69. The topological polar surface area (TPSA) is 41.0 Å². The molecule has 1 fully saturated rings. The number of nitrogens with one attached hydrogen (secondary N) is 1. The van der Waals surface area contributed by atoms with Gasteiger partial charge < -0.3 is 5.32 Å². The quantitative estimate of drug-likeness (QED) is 0.867. The SMILES string of the molecule is FC(F)(F)CN1CCC(Nc2ccnc3cc(Br)cnc23)CC1. The highest BCUT2D eigenvalue weighted by Gasteiger charge is 2.32. The highest BCUT2D eigenvalue weighted by Crippen LogP contribution is 2.25. The maximum Gasteiger partial charge on any atom is 0.401 e. The number of aromatic nitrogens is 2. The number of halogens is 4. The number of pyridine rings is 2. The fourth-order valence-electron chi connectivity index (χ4n) is 2.83. The molecule has 0 saturated carbocycles. The van der Waals surface area contributed by atoms with E-state index in [9.17, 15) is 13.2 Å². The standard InChI is InChI=1S/C15H16BrF3N4/c16-10-7-13-14(21-8-10)12(1-4-20-13)22-11-2-5-23(6-3-11)9-15(17,18)19/h1,4,7-8,11H,2-3,5-6,9H2,(H,20,22). The Morgan fingerprint density at radius 3 is 2.70 bits per heavy atom. The minimum Gasteiger partial charge on any atom is -0.380 e. The Kier molecular flexibility index (Phi) is 4.72. The maximum absolute atomic E-state index is 12.4. The summed E-state index contributed by atoms with van der Waals surface area (Å²) in [5, 5.41) is 3.40. The van der Waals surface area contributed by atoms with Crippen molar-refractivity contribution in [1.29, 1.82) is 0 Å². The van der Waals surface area contributed by atoms with Gasteiger partial charge in [0.15, 0.2) is 0 Å². The number of nitrogens with zero attached hydrogens (tertiary/aromatic N) is 3. The van der Waals surface area contributed by atoms with Gasteiger partial charge in [-0.3, -0.25) is 14.9 Å². The Morgan fingerprint density at radius 2 is 2.00 bits per heavy atom. The van der Waals surface area contributed by atoms with Crippen molar-refractivity contribution in [3.8, 4) is 0 Å². The maximum atomic E-state index is 12.4. The van der Waals surface area contributed by atoms with Gasteiger partial charge in [-0.2, -0.15) is 13.2 Å². The molecule has 3 heterocycles. The molecular formula is C15H16BrF3N4. The van der Waals surface area contributed by atoms with E-state index >= 15 is 0 Å². The third-order valence-electron chi connectivity index (χ3n) is 3.89. The van der Waals surface area contributed by atoms with Gasteiger partial charge in [0.1, 0.15) is 5.52 Å². The van der Waals surface area contributed by atoms with Crippen LogP contribution in [0.15, 0.2) is 29.0 Å². The van der Waals surface area contributed by atoms with Gasteiger partial charge in [-0.1, -0.05) is 0 Å². The van der Waals surface area contributed by atoms with Gasteiger partial charge in [-0.25, -0.2) is 0 Å². The zero-order chi connectivity index (χ0) is 16.4. The molecular weight excluding hydrogens is 373 g/mol. The van der Waals surface area contributed by atoms with Crippen LogP contribution >= 0.6 is 15.9 Å². The molecule has 0 amide bonds. The molecule has 1 aliphatic heterocycles. The normalized spacial score (nSPS) is 17.6. The van der Waals surface area contributed by atoms with Gasteiger partial charge in [-0.15, -0.1) is 0 Å². The first-order chi connectivity index (χ1) is 10.9. The van der Waals surface area contributed by atoms with Crippen LogP contribution in [0.3, 0.4) is 0 Å². The van der Waals surface area contributed by atoms with E-state index in [1.54, 1.807) is 12.4 Å². The molecule has 1 N–H and O–H groups in total. The van der Waals surface area contributed by atoms with Crippen molar-refractivity contribution >= 4 is 32.7 Å². The summed E-state index contributed by atoms with van der Waals surface area (Å²) in [6.45, 7) is 0.0613. The molecule has 0 bridgehead atoms. The third-order valence-corrected chi connectivity index (χ3v) is 4.33. The predicted molar refractivity (Wildman–Crippen MR) is 86.4 cm³/mol. The van der Waals surface area contributed by atoms with Gasteiger partial charge in [-0.05, 0) is 40.9 Å². The van der Waals surface area contributed by atoms with Crippen molar-refractivity contribution in [1.82, 2.24) is 14.9 Å². The lowest BCUT2D eigenvalue weighted by molar-refractivity contribution is -0.147. The van der Waals surface area contributed by atoms with E-state index in [0.29, 0.717) is 25.9 Å². The van der Waals surface area contributed by atoms with Crippen LogP contribution in [0, 0.1) is 0 Å². The molecule has 8 heteroatoms. The second kappa shape index (κ2) is 6.60. The molecule has 0 spiro atoms. The first-order valence-corrected chi connectivity index (χ1v) is 8.16. The molecule has 3 rings (SSSR count). The van der Waals surface area contributed by atoms with Crippen molar-refractivity contribution in [2.45, 2.75) is 25.1 Å². The van der Waals surface area contributed by atoms with E-state index < -0.39 is 12.7 Å². The Hall–Kier alpha value is -1.41. The number of alkyl halides is 3. The van der Waals surface area contributed by atoms with Gasteiger partial charge in [0.2, 0.25) is 0 Å².